The van der Waals surface area contributed by atoms with Gasteiger partial charge in [-0.1, -0.05) is 152 Å². The Morgan fingerprint density at radius 2 is 0.696 bits per heavy atom. The molecule has 8 aromatic carbocycles. The van der Waals surface area contributed by atoms with E-state index in [0.717, 1.165) is 39.5 Å². The predicted octanol–water partition coefficient (Wildman–Crippen LogP) is 13.9. The van der Waals surface area contributed by atoms with Crippen molar-refractivity contribution in [2.45, 2.75) is 0 Å². The highest BCUT2D eigenvalue weighted by Gasteiger charge is 2.17. The molecular formula is C53H35N3. The second-order valence-corrected chi connectivity index (χ2v) is 14.4. The second kappa shape index (κ2) is 13.1. The molecule has 0 fully saturated rings. The molecule has 0 N–H and O–H groups in total. The molecule has 0 radical (unpaired) electrons. The topological polar surface area (TPSA) is 22.8 Å². The van der Waals surface area contributed by atoms with E-state index >= 15 is 0 Å². The number of nitrogens with zero attached hydrogens (tertiary/aromatic N) is 3. The van der Waals surface area contributed by atoms with Crippen molar-refractivity contribution in [3.63, 3.8) is 0 Å². The Hall–Kier alpha value is -7.49. The van der Waals surface area contributed by atoms with E-state index in [1.165, 1.54) is 60.3 Å². The van der Waals surface area contributed by atoms with Crippen LogP contribution in [0.1, 0.15) is 0 Å². The molecule has 0 amide bonds. The molecule has 0 unspecified atom stereocenters. The molecule has 0 saturated heterocycles. The first-order chi connectivity index (χ1) is 27.8. The van der Waals surface area contributed by atoms with Crippen LogP contribution in [0.4, 0.5) is 0 Å². The fourth-order valence-electron chi connectivity index (χ4n) is 8.47. The molecule has 56 heavy (non-hydrogen) atoms. The fourth-order valence-corrected chi connectivity index (χ4v) is 8.47. The maximum Gasteiger partial charge on any atom is 0.0716 e. The Balaban J connectivity index is 1.08. The second-order valence-electron chi connectivity index (χ2n) is 14.4. The van der Waals surface area contributed by atoms with Crippen LogP contribution in [0.5, 0.6) is 0 Å². The van der Waals surface area contributed by atoms with Crippen molar-refractivity contribution in [3.8, 4) is 56.1 Å². The van der Waals surface area contributed by atoms with Crippen LogP contribution in [0.15, 0.2) is 212 Å². The first kappa shape index (κ1) is 32.0. The van der Waals surface area contributed by atoms with Crippen LogP contribution in [-0.2, 0) is 0 Å². The van der Waals surface area contributed by atoms with Crippen LogP contribution < -0.4 is 0 Å². The zero-order valence-corrected chi connectivity index (χ0v) is 30.5. The minimum absolute atomic E-state index is 0.940. The van der Waals surface area contributed by atoms with Crippen LogP contribution in [0.25, 0.3) is 99.8 Å². The fraction of sp³-hybridized carbons (Fsp3) is 0. The Labute approximate surface area is 325 Å². The molecular weight excluding hydrogens is 679 g/mol. The van der Waals surface area contributed by atoms with Gasteiger partial charge < -0.3 is 9.13 Å². The van der Waals surface area contributed by atoms with Gasteiger partial charge in [-0.3, -0.25) is 0 Å². The summed E-state index contributed by atoms with van der Waals surface area (Å²) in [5.41, 5.74) is 15.7. The molecule has 0 spiro atoms. The van der Waals surface area contributed by atoms with Gasteiger partial charge in [-0.15, -0.1) is 0 Å². The van der Waals surface area contributed by atoms with E-state index < -0.39 is 0 Å². The van der Waals surface area contributed by atoms with Crippen LogP contribution >= 0.6 is 0 Å². The average molecular weight is 714 g/mol. The lowest BCUT2D eigenvalue weighted by atomic mass is 10.00. The van der Waals surface area contributed by atoms with Crippen LogP contribution in [-0.4, -0.2) is 14.1 Å². The van der Waals surface area contributed by atoms with E-state index in [9.17, 15) is 0 Å². The molecule has 3 heteroatoms. The van der Waals surface area contributed by atoms with E-state index in [-0.39, 0.29) is 0 Å². The average Bonchev–Trinajstić information content (AvgIpc) is 3.79. The molecule has 3 aromatic heterocycles. The van der Waals surface area contributed by atoms with E-state index in [1.807, 2.05) is 0 Å². The standard InChI is InChI=1S/C53H35N3/c1-4-15-36(16-5-1)41-32-48(37-17-6-2-7-18-37)54-49(33-41)40-19-14-22-43(31-40)56-51-26-13-11-24-45(51)47-30-28-39(35-53(47)56)38-27-29-46-44-23-10-12-25-50(44)55(52(46)34-38)42-20-8-3-9-21-42/h1-35H. The molecule has 3 nitrogen and oxygen atoms in total. The summed E-state index contributed by atoms with van der Waals surface area (Å²) in [4.78, 5) is 5.26. The van der Waals surface area contributed by atoms with E-state index in [0.29, 0.717) is 0 Å². The number of hydrogen-bond acceptors (Lipinski definition) is 1. The zero-order valence-electron chi connectivity index (χ0n) is 30.5. The van der Waals surface area contributed by atoms with Gasteiger partial charge in [0, 0.05) is 44.0 Å². The molecule has 11 aromatic rings. The third-order valence-corrected chi connectivity index (χ3v) is 11.1. The Morgan fingerprint density at radius 1 is 0.250 bits per heavy atom. The van der Waals surface area contributed by atoms with Gasteiger partial charge >= 0.3 is 0 Å². The highest BCUT2D eigenvalue weighted by atomic mass is 15.0. The molecule has 3 heterocycles. The molecule has 0 aliphatic rings. The summed E-state index contributed by atoms with van der Waals surface area (Å²) in [6.07, 6.45) is 0. The Bertz CT molecular complexity index is 3170. The van der Waals surface area contributed by atoms with Crippen molar-refractivity contribution >= 4 is 43.6 Å². The first-order valence-electron chi connectivity index (χ1n) is 19.1. The van der Waals surface area contributed by atoms with Gasteiger partial charge in [0.15, 0.2) is 0 Å². The van der Waals surface area contributed by atoms with Gasteiger partial charge in [-0.25, -0.2) is 4.98 Å². The summed E-state index contributed by atoms with van der Waals surface area (Å²) in [6, 6.07) is 76.2. The van der Waals surface area contributed by atoms with Gasteiger partial charge in [0.2, 0.25) is 0 Å². The van der Waals surface area contributed by atoms with Crippen molar-refractivity contribution in [2.24, 2.45) is 0 Å². The molecule has 0 aliphatic heterocycles. The van der Waals surface area contributed by atoms with Crippen LogP contribution in [0, 0.1) is 0 Å². The van der Waals surface area contributed by atoms with Crippen LogP contribution in [0.3, 0.4) is 0 Å². The normalized spacial score (nSPS) is 11.6. The van der Waals surface area contributed by atoms with Crippen molar-refractivity contribution in [2.75, 3.05) is 0 Å². The number of benzene rings is 8. The zero-order chi connectivity index (χ0) is 37.0. The summed E-state index contributed by atoms with van der Waals surface area (Å²) in [7, 11) is 0. The summed E-state index contributed by atoms with van der Waals surface area (Å²) in [6.45, 7) is 0. The monoisotopic (exact) mass is 713 g/mol. The minimum Gasteiger partial charge on any atom is -0.309 e. The highest BCUT2D eigenvalue weighted by Crippen LogP contribution is 2.39. The van der Waals surface area contributed by atoms with Crippen LogP contribution in [0.2, 0.25) is 0 Å². The summed E-state index contributed by atoms with van der Waals surface area (Å²) < 4.78 is 4.80. The molecule has 0 aliphatic carbocycles. The number of rotatable bonds is 6. The SMILES string of the molecule is c1ccc(-c2cc(-c3ccccc3)nc(-c3cccc(-n4c5ccccc5c5ccc(-c6ccc7c8ccccc8n(-c8ccccc8)c7c6)cc54)c3)c2)cc1. The third-order valence-electron chi connectivity index (χ3n) is 11.1. The summed E-state index contributed by atoms with van der Waals surface area (Å²) >= 11 is 0. The number of para-hydroxylation sites is 3. The molecule has 0 bridgehead atoms. The molecule has 0 atom stereocenters. The third kappa shape index (κ3) is 5.32. The lowest BCUT2D eigenvalue weighted by Gasteiger charge is -2.13. The van der Waals surface area contributed by atoms with Crippen molar-refractivity contribution in [1.29, 1.82) is 0 Å². The maximum atomic E-state index is 5.26. The molecule has 262 valence electrons. The van der Waals surface area contributed by atoms with E-state index in [4.69, 9.17) is 4.98 Å². The van der Waals surface area contributed by atoms with Gasteiger partial charge in [-0.05, 0) is 82.9 Å². The van der Waals surface area contributed by atoms with Gasteiger partial charge in [0.1, 0.15) is 0 Å². The van der Waals surface area contributed by atoms with Gasteiger partial charge in [0.05, 0.1) is 33.5 Å². The van der Waals surface area contributed by atoms with Crippen molar-refractivity contribution < 1.29 is 0 Å². The smallest absolute Gasteiger partial charge is 0.0716 e. The quantitative estimate of drug-likeness (QED) is 0.168. The van der Waals surface area contributed by atoms with Gasteiger partial charge in [-0.2, -0.15) is 0 Å². The number of pyridine rings is 1. The van der Waals surface area contributed by atoms with E-state index in [1.54, 1.807) is 0 Å². The summed E-state index contributed by atoms with van der Waals surface area (Å²) in [5, 5.41) is 4.97. The lowest BCUT2D eigenvalue weighted by Crippen LogP contribution is -1.96. The summed E-state index contributed by atoms with van der Waals surface area (Å²) in [5.74, 6) is 0. The first-order valence-corrected chi connectivity index (χ1v) is 19.1. The van der Waals surface area contributed by atoms with Crippen molar-refractivity contribution in [1.82, 2.24) is 14.1 Å². The number of hydrogen-bond donors (Lipinski definition) is 0. The predicted molar refractivity (Wildman–Crippen MR) is 235 cm³/mol. The Kier molecular flexibility index (Phi) is 7.49. The largest absolute Gasteiger partial charge is 0.309 e. The minimum atomic E-state index is 0.940. The van der Waals surface area contributed by atoms with Crippen molar-refractivity contribution in [3.05, 3.63) is 212 Å². The molecule has 0 saturated carbocycles. The molecule has 11 rings (SSSR count). The number of aromatic nitrogens is 3. The maximum absolute atomic E-state index is 5.26. The highest BCUT2D eigenvalue weighted by molar-refractivity contribution is 6.12. The van der Waals surface area contributed by atoms with E-state index in [2.05, 4.69) is 221 Å². The number of fused-ring (bicyclic) bond motifs is 6. The lowest BCUT2D eigenvalue weighted by molar-refractivity contribution is 1.18. The Morgan fingerprint density at radius 3 is 1.30 bits per heavy atom. The van der Waals surface area contributed by atoms with Gasteiger partial charge in [0.25, 0.3) is 0 Å².